The van der Waals surface area contributed by atoms with Gasteiger partial charge >= 0.3 is 0 Å². The van der Waals surface area contributed by atoms with Gasteiger partial charge in [0.05, 0.1) is 24.3 Å². The molecule has 4 heteroatoms. The number of hydrogen-bond acceptors (Lipinski definition) is 3. The van der Waals surface area contributed by atoms with E-state index in [-0.39, 0.29) is 0 Å². The van der Waals surface area contributed by atoms with Crippen molar-refractivity contribution in [1.82, 2.24) is 14.5 Å². The van der Waals surface area contributed by atoms with Crippen molar-refractivity contribution in [1.29, 1.82) is 0 Å². The molecule has 24 heavy (non-hydrogen) atoms. The van der Waals surface area contributed by atoms with Gasteiger partial charge in [0.15, 0.2) is 0 Å². The summed E-state index contributed by atoms with van der Waals surface area (Å²) in [5, 5.41) is 0. The van der Waals surface area contributed by atoms with Crippen molar-refractivity contribution in [2.45, 2.75) is 38.1 Å². The normalized spacial score (nSPS) is 22.1. The Kier molecular flexibility index (Phi) is 4.95. The van der Waals surface area contributed by atoms with Crippen LogP contribution in [0.1, 0.15) is 37.3 Å². The topological polar surface area (TPSA) is 30.3 Å². The van der Waals surface area contributed by atoms with Gasteiger partial charge in [0, 0.05) is 31.2 Å². The molecule has 0 unspecified atom stereocenters. The van der Waals surface area contributed by atoms with Gasteiger partial charge in [-0.25, -0.2) is 4.98 Å². The van der Waals surface area contributed by atoms with Gasteiger partial charge in [-0.15, -0.1) is 0 Å². The summed E-state index contributed by atoms with van der Waals surface area (Å²) >= 11 is 0. The van der Waals surface area contributed by atoms with Crippen molar-refractivity contribution in [2.24, 2.45) is 0 Å². The Bertz CT molecular complexity index is 640. The number of nitrogens with zero attached hydrogens (tertiary/aromatic N) is 3. The highest BCUT2D eigenvalue weighted by Crippen LogP contribution is 2.33. The fraction of sp³-hybridized carbons (Fsp3) is 0.550. The second-order valence-electron chi connectivity index (χ2n) is 7.00. The number of likely N-dealkylation sites (tertiary alicyclic amines) is 1. The number of hydrogen-bond donors (Lipinski definition) is 0. The lowest BCUT2D eigenvalue weighted by atomic mass is 9.99. The van der Waals surface area contributed by atoms with Crippen LogP contribution in [0.2, 0.25) is 0 Å². The summed E-state index contributed by atoms with van der Waals surface area (Å²) in [4.78, 5) is 7.38. The van der Waals surface area contributed by atoms with Gasteiger partial charge in [-0.1, -0.05) is 36.8 Å². The Hall–Kier alpha value is -1.65. The summed E-state index contributed by atoms with van der Waals surface area (Å²) < 4.78 is 8.05. The molecule has 2 aliphatic rings. The zero-order valence-electron chi connectivity index (χ0n) is 14.4. The minimum Gasteiger partial charge on any atom is -0.381 e. The second kappa shape index (κ2) is 7.49. The highest BCUT2D eigenvalue weighted by atomic mass is 16.5. The lowest BCUT2D eigenvalue weighted by Crippen LogP contribution is -2.32. The minimum absolute atomic E-state index is 0.476. The lowest BCUT2D eigenvalue weighted by Gasteiger charge is -2.27. The van der Waals surface area contributed by atoms with Crippen molar-refractivity contribution < 1.29 is 4.74 Å². The van der Waals surface area contributed by atoms with Gasteiger partial charge in [0.25, 0.3) is 0 Å². The maximum Gasteiger partial charge on any atom is 0.0956 e. The largest absolute Gasteiger partial charge is 0.381 e. The highest BCUT2D eigenvalue weighted by Gasteiger charge is 2.26. The monoisotopic (exact) mass is 325 g/mol. The van der Waals surface area contributed by atoms with Gasteiger partial charge in [0.1, 0.15) is 0 Å². The minimum atomic E-state index is 0.476. The van der Waals surface area contributed by atoms with E-state index in [1.54, 1.807) is 0 Å². The number of piperidine rings is 1. The first-order valence-corrected chi connectivity index (χ1v) is 9.32. The van der Waals surface area contributed by atoms with Crippen LogP contribution >= 0.6 is 0 Å². The van der Waals surface area contributed by atoms with Crippen LogP contribution in [0, 0.1) is 0 Å². The molecule has 3 heterocycles. The molecule has 0 radical (unpaired) electrons. The SMILES string of the molecule is c1ccc(-c2ncn(CCN3CCCCC3)c2[C@@H]2CCOC2)cc1. The Morgan fingerprint density at radius 3 is 2.62 bits per heavy atom. The second-order valence-corrected chi connectivity index (χ2v) is 7.00. The van der Waals surface area contributed by atoms with Crippen LogP contribution in [0.25, 0.3) is 11.3 Å². The zero-order chi connectivity index (χ0) is 16.2. The molecular weight excluding hydrogens is 298 g/mol. The van der Waals surface area contributed by atoms with Gasteiger partial charge in [-0.05, 0) is 32.4 Å². The molecule has 0 saturated carbocycles. The predicted molar refractivity (Wildman–Crippen MR) is 96.1 cm³/mol. The molecule has 0 aliphatic carbocycles. The van der Waals surface area contributed by atoms with E-state index in [2.05, 4.69) is 39.8 Å². The molecule has 0 N–H and O–H groups in total. The third-order valence-electron chi connectivity index (χ3n) is 5.35. The number of ether oxygens (including phenoxy) is 1. The summed E-state index contributed by atoms with van der Waals surface area (Å²) in [7, 11) is 0. The average Bonchev–Trinajstić information content (AvgIpc) is 3.31. The van der Waals surface area contributed by atoms with Gasteiger partial charge in [-0.3, -0.25) is 0 Å². The van der Waals surface area contributed by atoms with E-state index in [1.165, 1.54) is 43.6 Å². The Balaban J connectivity index is 1.57. The number of rotatable bonds is 5. The van der Waals surface area contributed by atoms with Crippen LogP contribution in [0.15, 0.2) is 36.7 Å². The van der Waals surface area contributed by atoms with Crippen molar-refractivity contribution in [2.75, 3.05) is 32.8 Å². The molecule has 2 fully saturated rings. The third-order valence-corrected chi connectivity index (χ3v) is 5.35. The Labute approximate surface area is 144 Å². The smallest absolute Gasteiger partial charge is 0.0956 e. The van der Waals surface area contributed by atoms with Crippen LogP contribution in [0.3, 0.4) is 0 Å². The Morgan fingerprint density at radius 2 is 1.88 bits per heavy atom. The highest BCUT2D eigenvalue weighted by molar-refractivity contribution is 5.62. The van der Waals surface area contributed by atoms with Crippen LogP contribution in [-0.4, -0.2) is 47.3 Å². The van der Waals surface area contributed by atoms with Crippen molar-refractivity contribution in [3.8, 4) is 11.3 Å². The summed E-state index contributed by atoms with van der Waals surface area (Å²) in [6.07, 6.45) is 7.24. The molecule has 4 rings (SSSR count). The van der Waals surface area contributed by atoms with E-state index >= 15 is 0 Å². The first-order chi connectivity index (χ1) is 11.9. The summed E-state index contributed by atoms with van der Waals surface area (Å²) in [6.45, 7) is 6.37. The molecule has 0 amide bonds. The zero-order valence-corrected chi connectivity index (χ0v) is 14.4. The van der Waals surface area contributed by atoms with Crippen molar-refractivity contribution >= 4 is 0 Å². The fourth-order valence-corrected chi connectivity index (χ4v) is 4.00. The molecule has 2 aliphatic heterocycles. The number of aromatic nitrogens is 2. The molecular formula is C20H27N3O. The third kappa shape index (κ3) is 3.40. The van der Waals surface area contributed by atoms with Crippen LogP contribution < -0.4 is 0 Å². The van der Waals surface area contributed by atoms with Crippen molar-refractivity contribution in [3.05, 3.63) is 42.4 Å². The Morgan fingerprint density at radius 1 is 1.04 bits per heavy atom. The summed E-state index contributed by atoms with van der Waals surface area (Å²) in [6, 6.07) is 10.6. The lowest BCUT2D eigenvalue weighted by molar-refractivity contribution is 0.192. The maximum atomic E-state index is 5.67. The van der Waals surface area contributed by atoms with E-state index in [0.717, 1.165) is 38.4 Å². The molecule has 4 nitrogen and oxygen atoms in total. The van der Waals surface area contributed by atoms with E-state index in [4.69, 9.17) is 9.72 Å². The van der Waals surface area contributed by atoms with Crippen LogP contribution in [0.5, 0.6) is 0 Å². The van der Waals surface area contributed by atoms with E-state index in [1.807, 2.05) is 6.33 Å². The molecule has 0 spiro atoms. The van der Waals surface area contributed by atoms with Gasteiger partial charge in [0.2, 0.25) is 0 Å². The molecule has 128 valence electrons. The molecule has 2 saturated heterocycles. The van der Waals surface area contributed by atoms with E-state index in [0.29, 0.717) is 5.92 Å². The van der Waals surface area contributed by atoms with Crippen LogP contribution in [-0.2, 0) is 11.3 Å². The quantitative estimate of drug-likeness (QED) is 0.842. The first kappa shape index (κ1) is 15.9. The van der Waals surface area contributed by atoms with Gasteiger partial charge in [-0.2, -0.15) is 0 Å². The van der Waals surface area contributed by atoms with E-state index < -0.39 is 0 Å². The van der Waals surface area contributed by atoms with E-state index in [9.17, 15) is 0 Å². The summed E-state index contributed by atoms with van der Waals surface area (Å²) in [5.41, 5.74) is 3.73. The standard InChI is InChI=1S/C20H27N3O/c1-3-7-17(8-4-1)19-20(18-9-14-24-15-18)23(16-21-19)13-12-22-10-5-2-6-11-22/h1,3-4,7-8,16,18H,2,5-6,9-15H2/t18-/m1/s1. The number of imidazole rings is 1. The first-order valence-electron chi connectivity index (χ1n) is 9.32. The van der Waals surface area contributed by atoms with Crippen molar-refractivity contribution in [3.63, 3.8) is 0 Å². The predicted octanol–water partition coefficient (Wildman–Crippen LogP) is 3.54. The molecule has 1 atom stereocenters. The number of benzene rings is 1. The van der Waals surface area contributed by atoms with Crippen LogP contribution in [0.4, 0.5) is 0 Å². The summed E-state index contributed by atoms with van der Waals surface area (Å²) in [5.74, 6) is 0.476. The fourth-order valence-electron chi connectivity index (χ4n) is 4.00. The van der Waals surface area contributed by atoms with Gasteiger partial charge < -0.3 is 14.2 Å². The maximum absolute atomic E-state index is 5.67. The molecule has 2 aromatic rings. The average molecular weight is 325 g/mol. The molecule has 1 aromatic carbocycles. The molecule has 0 bridgehead atoms. The molecule has 1 aromatic heterocycles.